The van der Waals surface area contributed by atoms with Gasteiger partial charge in [-0.3, -0.25) is 5.32 Å². The van der Waals surface area contributed by atoms with Gasteiger partial charge in [-0.1, -0.05) is 5.18 Å². The van der Waals surface area contributed by atoms with E-state index in [1.807, 2.05) is 0 Å². The van der Waals surface area contributed by atoms with Gasteiger partial charge in [0.2, 0.25) is 6.41 Å². The van der Waals surface area contributed by atoms with Gasteiger partial charge in [0.25, 0.3) is 0 Å². The van der Waals surface area contributed by atoms with E-state index in [0.29, 0.717) is 0 Å². The molecule has 9 nitrogen and oxygen atoms in total. The number of rotatable bonds is 4. The number of ether oxygens (including phenoxy) is 3. The van der Waals surface area contributed by atoms with Crippen LogP contribution in [0.3, 0.4) is 0 Å². The van der Waals surface area contributed by atoms with Gasteiger partial charge in [0, 0.05) is 0 Å². The predicted molar refractivity (Wildman–Crippen MR) is 60.3 cm³/mol. The van der Waals surface area contributed by atoms with E-state index < -0.39 is 43.7 Å². The van der Waals surface area contributed by atoms with Gasteiger partial charge in [-0.15, -0.1) is 0 Å². The monoisotopic (exact) mass is 265 g/mol. The van der Waals surface area contributed by atoms with Crippen molar-refractivity contribution >= 4 is 0 Å². The average molecular weight is 265 g/mol. The lowest BCUT2D eigenvalue weighted by Crippen LogP contribution is -2.41. The van der Waals surface area contributed by atoms with Crippen LogP contribution in [0.4, 0.5) is 0 Å². The van der Waals surface area contributed by atoms with Crippen LogP contribution in [0.25, 0.3) is 0 Å². The quantitative estimate of drug-likeness (QED) is 0.416. The molecule has 6 atom stereocenters. The summed E-state index contributed by atoms with van der Waals surface area (Å²) in [4.78, 5) is 10.7. The molecule has 0 aromatic carbocycles. The maximum Gasteiger partial charge on any atom is 0.218 e. The first-order valence-corrected chi connectivity index (χ1v) is 5.54. The number of nitrogens with zero attached hydrogens (tertiary/aromatic N) is 1. The predicted octanol–water partition coefficient (Wildman–Crippen LogP) is -2.31. The SMILES string of the molecule is CN.CNC1OC2OC(C(O)CO)C(N=O)C2O1. The highest BCUT2D eigenvalue weighted by Gasteiger charge is 2.55. The van der Waals surface area contributed by atoms with E-state index in [4.69, 9.17) is 19.3 Å². The number of nitroso groups, excluding NO2 is 1. The number of hydrogen-bond acceptors (Lipinski definition) is 9. The van der Waals surface area contributed by atoms with Crippen molar-refractivity contribution in [3.63, 3.8) is 0 Å². The summed E-state index contributed by atoms with van der Waals surface area (Å²) >= 11 is 0. The van der Waals surface area contributed by atoms with Crippen molar-refractivity contribution in [1.82, 2.24) is 5.32 Å². The normalized spacial score (nSPS) is 39.7. The van der Waals surface area contributed by atoms with Crippen molar-refractivity contribution in [2.24, 2.45) is 10.9 Å². The molecular formula is C9H19N3O6. The number of hydrogen-bond donors (Lipinski definition) is 4. The molecule has 2 heterocycles. The van der Waals surface area contributed by atoms with Gasteiger partial charge in [0.1, 0.15) is 18.3 Å². The molecule has 0 aromatic heterocycles. The molecule has 0 aromatic rings. The van der Waals surface area contributed by atoms with Crippen LogP contribution in [0.15, 0.2) is 5.18 Å². The van der Waals surface area contributed by atoms with E-state index in [1.54, 1.807) is 7.05 Å². The van der Waals surface area contributed by atoms with Gasteiger partial charge < -0.3 is 30.2 Å². The third-order valence-corrected chi connectivity index (χ3v) is 2.69. The maximum atomic E-state index is 10.7. The summed E-state index contributed by atoms with van der Waals surface area (Å²) in [5, 5.41) is 23.8. The molecule has 0 spiro atoms. The standard InChI is InChI=1S/C8H14N2O6.CH5N/c1-9-8-15-6-4(10-13)5(3(12)2-11)14-7(6)16-8;1-2/h3-9,11-12H,2H2,1H3;2H2,1H3. The number of aliphatic hydroxyl groups is 2. The number of aliphatic hydroxyl groups excluding tert-OH is 2. The van der Waals surface area contributed by atoms with Gasteiger partial charge in [-0.25, -0.2) is 0 Å². The van der Waals surface area contributed by atoms with Gasteiger partial charge >= 0.3 is 0 Å². The van der Waals surface area contributed by atoms with Gasteiger partial charge in [0.15, 0.2) is 12.3 Å². The summed E-state index contributed by atoms with van der Waals surface area (Å²) in [6, 6.07) is -0.884. The molecule has 0 bridgehead atoms. The van der Waals surface area contributed by atoms with Crippen LogP contribution < -0.4 is 11.1 Å². The largest absolute Gasteiger partial charge is 0.394 e. The lowest BCUT2D eigenvalue weighted by molar-refractivity contribution is -0.184. The molecule has 2 saturated heterocycles. The van der Waals surface area contributed by atoms with Crippen LogP contribution in [-0.2, 0) is 14.2 Å². The summed E-state index contributed by atoms with van der Waals surface area (Å²) in [7, 11) is 3.13. The maximum absolute atomic E-state index is 10.7. The number of nitrogens with one attached hydrogen (secondary N) is 1. The molecule has 9 heteroatoms. The van der Waals surface area contributed by atoms with Crippen molar-refractivity contribution in [2.45, 2.75) is 37.1 Å². The lowest BCUT2D eigenvalue weighted by Gasteiger charge is -2.20. The molecule has 0 saturated carbocycles. The molecule has 106 valence electrons. The van der Waals surface area contributed by atoms with Crippen molar-refractivity contribution < 1.29 is 24.4 Å². The van der Waals surface area contributed by atoms with Gasteiger partial charge in [-0.2, -0.15) is 4.91 Å². The van der Waals surface area contributed by atoms with Gasteiger partial charge in [0.05, 0.1) is 6.61 Å². The molecule has 0 amide bonds. The molecule has 2 fully saturated rings. The Morgan fingerprint density at radius 1 is 1.39 bits per heavy atom. The van der Waals surface area contributed by atoms with E-state index in [2.05, 4.69) is 16.2 Å². The van der Waals surface area contributed by atoms with Crippen LogP contribution in [0.2, 0.25) is 0 Å². The Kier molecular flexibility index (Phi) is 6.02. The first-order chi connectivity index (χ1) is 8.71. The smallest absolute Gasteiger partial charge is 0.218 e. The van der Waals surface area contributed by atoms with Gasteiger partial charge in [-0.05, 0) is 14.1 Å². The van der Waals surface area contributed by atoms with Crippen molar-refractivity contribution in [1.29, 1.82) is 0 Å². The Morgan fingerprint density at radius 3 is 2.56 bits per heavy atom. The zero-order valence-electron chi connectivity index (χ0n) is 10.2. The fourth-order valence-electron chi connectivity index (χ4n) is 1.89. The van der Waals surface area contributed by atoms with Crippen molar-refractivity contribution in [3.05, 3.63) is 4.91 Å². The molecular weight excluding hydrogens is 246 g/mol. The van der Waals surface area contributed by atoms with Crippen LogP contribution in [0, 0.1) is 4.91 Å². The summed E-state index contributed by atoms with van der Waals surface area (Å²) in [5.41, 5.74) is 4.50. The van der Waals surface area contributed by atoms with E-state index >= 15 is 0 Å². The fourth-order valence-corrected chi connectivity index (χ4v) is 1.89. The minimum Gasteiger partial charge on any atom is -0.394 e. The summed E-state index contributed by atoms with van der Waals surface area (Å²) in [5.74, 6) is 0. The minimum atomic E-state index is -1.17. The lowest BCUT2D eigenvalue weighted by atomic mass is 10.0. The second kappa shape index (κ2) is 7.04. The highest BCUT2D eigenvalue weighted by atomic mass is 16.8. The Hall–Kier alpha value is -0.680. The summed E-state index contributed by atoms with van der Waals surface area (Å²) < 4.78 is 15.8. The van der Waals surface area contributed by atoms with Crippen molar-refractivity contribution in [2.75, 3.05) is 20.7 Å². The highest BCUT2D eigenvalue weighted by Crippen LogP contribution is 2.34. The van der Waals surface area contributed by atoms with E-state index in [9.17, 15) is 10.0 Å². The van der Waals surface area contributed by atoms with E-state index in [-0.39, 0.29) is 0 Å². The molecule has 0 radical (unpaired) electrons. The van der Waals surface area contributed by atoms with Crippen molar-refractivity contribution in [3.8, 4) is 0 Å². The third-order valence-electron chi connectivity index (χ3n) is 2.69. The van der Waals surface area contributed by atoms with E-state index in [0.717, 1.165) is 0 Å². The number of fused-ring (bicyclic) bond motifs is 1. The third kappa shape index (κ3) is 2.83. The minimum absolute atomic E-state index is 0.508. The molecule has 6 unspecified atom stereocenters. The second-order valence-electron chi connectivity index (χ2n) is 3.67. The second-order valence-corrected chi connectivity index (χ2v) is 3.67. The van der Waals surface area contributed by atoms with Crippen LogP contribution in [-0.4, -0.2) is 68.0 Å². The van der Waals surface area contributed by atoms with Crippen LogP contribution >= 0.6 is 0 Å². The molecule has 2 rings (SSSR count). The molecule has 2 aliphatic heterocycles. The molecule has 0 aliphatic carbocycles. The summed E-state index contributed by atoms with van der Waals surface area (Å²) in [6.45, 7) is -0.508. The first kappa shape index (κ1) is 15.4. The Balaban J connectivity index is 0.000000771. The fraction of sp³-hybridized carbons (Fsp3) is 1.00. The zero-order valence-corrected chi connectivity index (χ0v) is 10.2. The Morgan fingerprint density at radius 2 is 2.06 bits per heavy atom. The van der Waals surface area contributed by atoms with Crippen LogP contribution in [0.5, 0.6) is 0 Å². The Bertz CT molecular complexity index is 269. The average Bonchev–Trinajstić information content (AvgIpc) is 2.96. The highest BCUT2D eigenvalue weighted by molar-refractivity contribution is 4.98. The zero-order chi connectivity index (χ0) is 13.7. The molecule has 18 heavy (non-hydrogen) atoms. The van der Waals surface area contributed by atoms with E-state index in [1.165, 1.54) is 7.05 Å². The molecule has 2 aliphatic rings. The summed E-state index contributed by atoms with van der Waals surface area (Å²) in [6.07, 6.45) is -4.11. The first-order valence-electron chi connectivity index (χ1n) is 5.54. The Labute approximate surface area is 104 Å². The molecule has 5 N–H and O–H groups in total. The number of nitrogens with two attached hydrogens (primary N) is 1. The topological polar surface area (TPSA) is 136 Å². The van der Waals surface area contributed by atoms with Crippen LogP contribution in [0.1, 0.15) is 0 Å².